The highest BCUT2D eigenvalue weighted by Crippen LogP contribution is 2.02. The van der Waals surface area contributed by atoms with Crippen molar-refractivity contribution in [3.8, 4) is 0 Å². The van der Waals surface area contributed by atoms with Crippen LogP contribution in [0.1, 0.15) is 12.5 Å². The van der Waals surface area contributed by atoms with Crippen LogP contribution in [0.25, 0.3) is 0 Å². The molecule has 0 spiro atoms. The summed E-state index contributed by atoms with van der Waals surface area (Å²) >= 11 is 0. The molecule has 1 aromatic carbocycles. The molecule has 24 heavy (non-hydrogen) atoms. The lowest BCUT2D eigenvalue weighted by molar-refractivity contribution is 0.157. The first-order chi connectivity index (χ1) is 10.9. The lowest BCUT2D eigenvalue weighted by Gasteiger charge is -2.22. The Morgan fingerprint density at radius 2 is 1.92 bits per heavy atom. The normalized spacial score (nSPS) is 11.7. The average molecular weight is 469 g/mol. The number of hydrogen-bond donors (Lipinski definition) is 1. The van der Waals surface area contributed by atoms with Crippen LogP contribution in [0.3, 0.4) is 0 Å². The van der Waals surface area contributed by atoms with Gasteiger partial charge in [0.05, 0.1) is 25.5 Å². The van der Waals surface area contributed by atoms with E-state index in [0.717, 1.165) is 19.0 Å². The zero-order valence-electron chi connectivity index (χ0n) is 14.6. The predicted octanol–water partition coefficient (Wildman–Crippen LogP) is 1.76. The number of ether oxygens (including phenoxy) is 1. The lowest BCUT2D eigenvalue weighted by atomic mass is 10.2. The van der Waals surface area contributed by atoms with Gasteiger partial charge in [-0.1, -0.05) is 30.3 Å². The molecule has 0 aliphatic heterocycles. The summed E-state index contributed by atoms with van der Waals surface area (Å²) in [5.41, 5.74) is 1.21. The van der Waals surface area contributed by atoms with Gasteiger partial charge in [0, 0.05) is 26.4 Å². The minimum absolute atomic E-state index is 0. The van der Waals surface area contributed by atoms with E-state index >= 15 is 0 Å². The molecule has 0 aliphatic rings. The summed E-state index contributed by atoms with van der Waals surface area (Å²) in [5.74, 6) is 0.855. The Hall–Kier alpha value is -0.870. The van der Waals surface area contributed by atoms with Gasteiger partial charge in [0.1, 0.15) is 9.84 Å². The number of halogens is 1. The average Bonchev–Trinajstić information content (AvgIpc) is 2.49. The second-order valence-electron chi connectivity index (χ2n) is 5.32. The number of guanidine groups is 1. The number of sulfone groups is 1. The van der Waals surface area contributed by atoms with Gasteiger partial charge in [0.2, 0.25) is 0 Å². The molecule has 1 N–H and O–H groups in total. The molecule has 8 heteroatoms. The molecule has 0 bridgehead atoms. The fourth-order valence-corrected chi connectivity index (χ4v) is 2.35. The number of nitrogens with zero attached hydrogens (tertiary/aromatic N) is 2. The van der Waals surface area contributed by atoms with Gasteiger partial charge in [-0.3, -0.25) is 4.99 Å². The van der Waals surface area contributed by atoms with Crippen LogP contribution in [0.5, 0.6) is 0 Å². The topological polar surface area (TPSA) is 71.0 Å². The maximum Gasteiger partial charge on any atom is 0.194 e. The van der Waals surface area contributed by atoms with Crippen LogP contribution in [0.15, 0.2) is 35.3 Å². The largest absolute Gasteiger partial charge is 0.378 e. The number of rotatable bonds is 9. The van der Waals surface area contributed by atoms with Crippen molar-refractivity contribution in [3.05, 3.63) is 35.9 Å². The third-order valence-electron chi connectivity index (χ3n) is 3.05. The quantitative estimate of drug-likeness (QED) is 0.258. The van der Waals surface area contributed by atoms with Crippen molar-refractivity contribution in [1.82, 2.24) is 10.2 Å². The summed E-state index contributed by atoms with van der Waals surface area (Å²) < 4.78 is 27.3. The zero-order valence-corrected chi connectivity index (χ0v) is 17.7. The van der Waals surface area contributed by atoms with Gasteiger partial charge in [-0.05, 0) is 12.5 Å². The molecular formula is C16H28IN3O3S. The van der Waals surface area contributed by atoms with Gasteiger partial charge in [0.25, 0.3) is 0 Å². The molecule has 0 radical (unpaired) electrons. The molecule has 0 heterocycles. The van der Waals surface area contributed by atoms with E-state index < -0.39 is 9.84 Å². The van der Waals surface area contributed by atoms with E-state index in [2.05, 4.69) is 27.3 Å². The summed E-state index contributed by atoms with van der Waals surface area (Å²) in [5, 5.41) is 3.24. The number of aliphatic imine (C=N–C) groups is 1. The van der Waals surface area contributed by atoms with Gasteiger partial charge in [0.15, 0.2) is 5.96 Å². The third-order valence-corrected chi connectivity index (χ3v) is 3.96. The number of hydrogen-bond acceptors (Lipinski definition) is 4. The maximum atomic E-state index is 11.0. The standard InChI is InChI=1S/C16H27N3O3S.HI/c1-4-17-16(18-10-11-22-12-13-23(3,20)21)19(2)14-15-8-6-5-7-9-15;/h5-9H,4,10-14H2,1-3H3,(H,17,18);1H. The first-order valence-corrected chi connectivity index (χ1v) is 9.77. The first-order valence-electron chi connectivity index (χ1n) is 7.71. The van der Waals surface area contributed by atoms with Gasteiger partial charge in [-0.25, -0.2) is 8.42 Å². The van der Waals surface area contributed by atoms with Crippen LogP contribution in [0.4, 0.5) is 0 Å². The second-order valence-corrected chi connectivity index (χ2v) is 7.58. The Bertz CT molecular complexity index is 579. The Kier molecular flexibility index (Phi) is 12.0. The first kappa shape index (κ1) is 23.1. The molecule has 0 atom stereocenters. The summed E-state index contributed by atoms with van der Waals surface area (Å²) in [6, 6.07) is 10.2. The van der Waals surface area contributed by atoms with Crippen molar-refractivity contribution < 1.29 is 13.2 Å². The summed E-state index contributed by atoms with van der Waals surface area (Å²) in [4.78, 5) is 6.55. The van der Waals surface area contributed by atoms with E-state index in [-0.39, 0.29) is 36.3 Å². The van der Waals surface area contributed by atoms with Crippen molar-refractivity contribution in [3.63, 3.8) is 0 Å². The van der Waals surface area contributed by atoms with Crippen molar-refractivity contribution in [2.24, 2.45) is 4.99 Å². The van der Waals surface area contributed by atoms with Crippen LogP contribution < -0.4 is 5.32 Å². The molecule has 0 aromatic heterocycles. The van der Waals surface area contributed by atoms with E-state index in [1.54, 1.807) is 0 Å². The third kappa shape index (κ3) is 10.8. The molecular weight excluding hydrogens is 441 g/mol. The predicted molar refractivity (Wildman–Crippen MR) is 110 cm³/mol. The molecule has 1 aromatic rings. The fourth-order valence-electron chi connectivity index (χ4n) is 1.93. The maximum absolute atomic E-state index is 11.0. The number of nitrogens with one attached hydrogen (secondary N) is 1. The minimum atomic E-state index is -2.97. The van der Waals surface area contributed by atoms with Crippen LogP contribution >= 0.6 is 24.0 Å². The zero-order chi connectivity index (χ0) is 17.1. The van der Waals surface area contributed by atoms with Gasteiger partial charge >= 0.3 is 0 Å². The highest BCUT2D eigenvalue weighted by Gasteiger charge is 2.06. The van der Waals surface area contributed by atoms with Crippen molar-refractivity contribution in [2.45, 2.75) is 13.5 Å². The van der Waals surface area contributed by atoms with Crippen LogP contribution in [-0.2, 0) is 21.1 Å². The van der Waals surface area contributed by atoms with E-state index in [0.29, 0.717) is 13.2 Å². The Labute approximate surface area is 162 Å². The molecule has 0 unspecified atom stereocenters. The molecule has 138 valence electrons. The smallest absolute Gasteiger partial charge is 0.194 e. The van der Waals surface area contributed by atoms with E-state index in [9.17, 15) is 8.42 Å². The van der Waals surface area contributed by atoms with Crippen molar-refractivity contribution in [2.75, 3.05) is 45.4 Å². The minimum Gasteiger partial charge on any atom is -0.378 e. The molecule has 0 saturated heterocycles. The summed E-state index contributed by atoms with van der Waals surface area (Å²) in [6.07, 6.45) is 1.20. The van der Waals surface area contributed by atoms with Crippen molar-refractivity contribution in [1.29, 1.82) is 0 Å². The molecule has 0 fully saturated rings. The molecule has 0 aliphatic carbocycles. The van der Waals surface area contributed by atoms with Crippen LogP contribution in [0.2, 0.25) is 0 Å². The SMILES string of the molecule is CCNC(=NCCOCCS(C)(=O)=O)N(C)Cc1ccccc1.I. The second kappa shape index (κ2) is 12.5. The van der Waals surface area contributed by atoms with Crippen molar-refractivity contribution >= 4 is 39.8 Å². The Morgan fingerprint density at radius 3 is 2.50 bits per heavy atom. The van der Waals surface area contributed by atoms with Crippen LogP contribution in [-0.4, -0.2) is 64.6 Å². The van der Waals surface area contributed by atoms with Crippen LogP contribution in [0, 0.1) is 0 Å². The molecule has 6 nitrogen and oxygen atoms in total. The Morgan fingerprint density at radius 1 is 1.25 bits per heavy atom. The summed E-state index contributed by atoms with van der Waals surface area (Å²) in [7, 11) is -0.981. The van der Waals surface area contributed by atoms with E-state index in [1.165, 1.54) is 11.8 Å². The monoisotopic (exact) mass is 469 g/mol. The van der Waals surface area contributed by atoms with Gasteiger partial charge in [-0.15, -0.1) is 24.0 Å². The number of benzene rings is 1. The Balaban J connectivity index is 0.00000529. The molecule has 0 amide bonds. The highest BCUT2D eigenvalue weighted by molar-refractivity contribution is 14.0. The molecule has 1 rings (SSSR count). The van der Waals surface area contributed by atoms with Gasteiger partial charge in [-0.2, -0.15) is 0 Å². The molecule has 0 saturated carbocycles. The van der Waals surface area contributed by atoms with E-state index in [4.69, 9.17) is 4.74 Å². The highest BCUT2D eigenvalue weighted by atomic mass is 127. The lowest BCUT2D eigenvalue weighted by Crippen LogP contribution is -2.38. The van der Waals surface area contributed by atoms with Gasteiger partial charge < -0.3 is 15.0 Å². The summed E-state index contributed by atoms with van der Waals surface area (Å²) in [6.45, 7) is 4.68. The fraction of sp³-hybridized carbons (Fsp3) is 0.562. The van der Waals surface area contributed by atoms with E-state index in [1.807, 2.05) is 32.2 Å².